The van der Waals surface area contributed by atoms with Crippen LogP contribution in [-0.2, 0) is 0 Å². The van der Waals surface area contributed by atoms with Crippen LogP contribution >= 0.6 is 0 Å². The van der Waals surface area contributed by atoms with Gasteiger partial charge in [-0.2, -0.15) is 5.10 Å². The Bertz CT molecular complexity index is 229. The maximum Gasteiger partial charge on any atom is 0.0666 e. The lowest BCUT2D eigenvalue weighted by Gasteiger charge is -2.21. The van der Waals surface area contributed by atoms with Crippen LogP contribution in [0, 0.1) is 5.92 Å². The van der Waals surface area contributed by atoms with E-state index in [0.717, 1.165) is 13.1 Å². The van der Waals surface area contributed by atoms with Gasteiger partial charge in [0.1, 0.15) is 0 Å². The van der Waals surface area contributed by atoms with Gasteiger partial charge in [0.25, 0.3) is 0 Å². The van der Waals surface area contributed by atoms with Gasteiger partial charge in [0.05, 0.1) is 6.04 Å². The van der Waals surface area contributed by atoms with Crippen molar-refractivity contribution in [2.45, 2.75) is 33.2 Å². The maximum absolute atomic E-state index is 4.29. The summed E-state index contributed by atoms with van der Waals surface area (Å²) in [6.45, 7) is 8.75. The van der Waals surface area contributed by atoms with Crippen LogP contribution in [0.25, 0.3) is 0 Å². The van der Waals surface area contributed by atoms with E-state index in [4.69, 9.17) is 0 Å². The van der Waals surface area contributed by atoms with Crippen molar-refractivity contribution in [2.24, 2.45) is 5.92 Å². The summed E-state index contributed by atoms with van der Waals surface area (Å²) >= 11 is 0. The van der Waals surface area contributed by atoms with Crippen molar-refractivity contribution in [1.29, 1.82) is 0 Å². The standard InChI is InChI=1S/C11H21N3/c1-4-6-12-9-11(10(2)3)14-8-5-7-13-14/h5,7-8,10-12H,4,6,9H2,1-3H3. The van der Waals surface area contributed by atoms with Crippen molar-refractivity contribution >= 4 is 0 Å². The largest absolute Gasteiger partial charge is 0.315 e. The first kappa shape index (κ1) is 11.2. The molecule has 0 saturated heterocycles. The molecule has 0 amide bonds. The van der Waals surface area contributed by atoms with Crippen molar-refractivity contribution in [2.75, 3.05) is 13.1 Å². The van der Waals surface area contributed by atoms with Crippen LogP contribution < -0.4 is 5.32 Å². The minimum absolute atomic E-state index is 0.469. The number of nitrogens with one attached hydrogen (secondary N) is 1. The molecule has 1 aromatic rings. The second-order valence-electron chi connectivity index (χ2n) is 4.00. The molecule has 1 unspecified atom stereocenters. The van der Waals surface area contributed by atoms with Gasteiger partial charge in [0, 0.05) is 18.9 Å². The summed E-state index contributed by atoms with van der Waals surface area (Å²) in [5.41, 5.74) is 0. The summed E-state index contributed by atoms with van der Waals surface area (Å²) in [7, 11) is 0. The number of hydrogen-bond acceptors (Lipinski definition) is 2. The molecule has 14 heavy (non-hydrogen) atoms. The summed E-state index contributed by atoms with van der Waals surface area (Å²) in [6.07, 6.45) is 5.07. The predicted octanol–water partition coefficient (Wildman–Crippen LogP) is 2.08. The Balaban J connectivity index is 2.48. The molecule has 1 heterocycles. The molecule has 3 nitrogen and oxygen atoms in total. The van der Waals surface area contributed by atoms with E-state index in [-0.39, 0.29) is 0 Å². The Kier molecular flexibility index (Phi) is 4.66. The Morgan fingerprint density at radius 1 is 1.43 bits per heavy atom. The van der Waals surface area contributed by atoms with Crippen LogP contribution in [0.3, 0.4) is 0 Å². The highest BCUT2D eigenvalue weighted by Crippen LogP contribution is 2.14. The zero-order valence-electron chi connectivity index (χ0n) is 9.40. The Morgan fingerprint density at radius 2 is 2.21 bits per heavy atom. The molecule has 80 valence electrons. The molecule has 1 N–H and O–H groups in total. The first-order valence-corrected chi connectivity index (χ1v) is 5.45. The predicted molar refractivity (Wildman–Crippen MR) is 59.3 cm³/mol. The summed E-state index contributed by atoms with van der Waals surface area (Å²) in [5.74, 6) is 0.610. The Labute approximate surface area is 86.5 Å². The highest BCUT2D eigenvalue weighted by Gasteiger charge is 2.14. The van der Waals surface area contributed by atoms with Gasteiger partial charge in [-0.1, -0.05) is 20.8 Å². The quantitative estimate of drug-likeness (QED) is 0.704. The van der Waals surface area contributed by atoms with Crippen molar-refractivity contribution < 1.29 is 0 Å². The number of rotatable bonds is 6. The zero-order chi connectivity index (χ0) is 10.4. The minimum atomic E-state index is 0.469. The average molecular weight is 195 g/mol. The smallest absolute Gasteiger partial charge is 0.0666 e. The van der Waals surface area contributed by atoms with Gasteiger partial charge in [-0.15, -0.1) is 0 Å². The molecule has 0 saturated carbocycles. The zero-order valence-corrected chi connectivity index (χ0v) is 9.40. The first-order chi connectivity index (χ1) is 6.75. The SMILES string of the molecule is CCCNCC(C(C)C)n1cccn1. The Morgan fingerprint density at radius 3 is 2.71 bits per heavy atom. The average Bonchev–Trinajstić information content (AvgIpc) is 2.64. The molecular weight excluding hydrogens is 174 g/mol. The summed E-state index contributed by atoms with van der Waals surface area (Å²) in [6, 6.07) is 2.45. The van der Waals surface area contributed by atoms with Crippen molar-refractivity contribution in [3.8, 4) is 0 Å². The van der Waals surface area contributed by atoms with Gasteiger partial charge in [-0.05, 0) is 24.9 Å². The lowest BCUT2D eigenvalue weighted by molar-refractivity contribution is 0.330. The fourth-order valence-electron chi connectivity index (χ4n) is 1.54. The van der Waals surface area contributed by atoms with Gasteiger partial charge in [0.2, 0.25) is 0 Å². The van der Waals surface area contributed by atoms with E-state index in [1.807, 2.05) is 23.1 Å². The molecule has 1 atom stereocenters. The molecule has 0 aliphatic heterocycles. The van der Waals surface area contributed by atoms with Gasteiger partial charge in [0.15, 0.2) is 0 Å². The fourth-order valence-corrected chi connectivity index (χ4v) is 1.54. The summed E-state index contributed by atoms with van der Waals surface area (Å²) < 4.78 is 2.05. The topological polar surface area (TPSA) is 29.9 Å². The van der Waals surface area contributed by atoms with E-state index >= 15 is 0 Å². The molecule has 0 aliphatic rings. The molecule has 0 aromatic carbocycles. The molecule has 0 radical (unpaired) electrons. The van der Waals surface area contributed by atoms with Crippen molar-refractivity contribution in [3.05, 3.63) is 18.5 Å². The van der Waals surface area contributed by atoms with E-state index in [1.54, 1.807) is 0 Å². The second kappa shape index (κ2) is 5.81. The van der Waals surface area contributed by atoms with Crippen LogP contribution in [0.4, 0.5) is 0 Å². The number of nitrogens with zero attached hydrogens (tertiary/aromatic N) is 2. The minimum Gasteiger partial charge on any atom is -0.315 e. The van der Waals surface area contributed by atoms with Crippen LogP contribution in [0.5, 0.6) is 0 Å². The second-order valence-corrected chi connectivity index (χ2v) is 4.00. The van der Waals surface area contributed by atoms with Crippen molar-refractivity contribution in [1.82, 2.24) is 15.1 Å². The number of aromatic nitrogens is 2. The molecule has 1 rings (SSSR count). The first-order valence-electron chi connectivity index (χ1n) is 5.45. The molecular formula is C11H21N3. The van der Waals surface area contributed by atoms with Crippen LogP contribution in [0.1, 0.15) is 33.2 Å². The highest BCUT2D eigenvalue weighted by molar-refractivity contribution is 4.83. The molecule has 3 heteroatoms. The van der Waals surface area contributed by atoms with Crippen LogP contribution in [0.15, 0.2) is 18.5 Å². The Hall–Kier alpha value is -0.830. The normalized spacial score (nSPS) is 13.4. The van der Waals surface area contributed by atoms with Gasteiger partial charge >= 0.3 is 0 Å². The van der Waals surface area contributed by atoms with Crippen molar-refractivity contribution in [3.63, 3.8) is 0 Å². The third kappa shape index (κ3) is 3.14. The lowest BCUT2D eigenvalue weighted by atomic mass is 10.0. The molecule has 0 spiro atoms. The summed E-state index contributed by atoms with van der Waals surface area (Å²) in [4.78, 5) is 0. The van der Waals surface area contributed by atoms with E-state index in [1.165, 1.54) is 6.42 Å². The molecule has 0 aliphatic carbocycles. The van der Waals surface area contributed by atoms with E-state index in [0.29, 0.717) is 12.0 Å². The van der Waals surface area contributed by atoms with Crippen LogP contribution in [-0.4, -0.2) is 22.9 Å². The van der Waals surface area contributed by atoms with E-state index in [2.05, 4.69) is 31.2 Å². The van der Waals surface area contributed by atoms with Gasteiger partial charge in [-0.3, -0.25) is 4.68 Å². The molecule has 0 bridgehead atoms. The highest BCUT2D eigenvalue weighted by atomic mass is 15.3. The third-order valence-corrected chi connectivity index (χ3v) is 2.41. The number of hydrogen-bond donors (Lipinski definition) is 1. The molecule has 0 fully saturated rings. The van der Waals surface area contributed by atoms with Gasteiger partial charge < -0.3 is 5.32 Å². The maximum atomic E-state index is 4.29. The summed E-state index contributed by atoms with van der Waals surface area (Å²) in [5, 5.41) is 7.74. The van der Waals surface area contributed by atoms with E-state index < -0.39 is 0 Å². The van der Waals surface area contributed by atoms with E-state index in [9.17, 15) is 0 Å². The lowest BCUT2D eigenvalue weighted by Crippen LogP contribution is -2.29. The van der Waals surface area contributed by atoms with Crippen LogP contribution in [0.2, 0.25) is 0 Å². The molecule has 1 aromatic heterocycles. The third-order valence-electron chi connectivity index (χ3n) is 2.41. The fraction of sp³-hybridized carbons (Fsp3) is 0.727. The monoisotopic (exact) mass is 195 g/mol. The van der Waals surface area contributed by atoms with Gasteiger partial charge in [-0.25, -0.2) is 0 Å².